The first-order chi connectivity index (χ1) is 8.11. The number of nitrogens with one attached hydrogen (secondary N) is 1. The third kappa shape index (κ3) is 3.19. The quantitative estimate of drug-likeness (QED) is 0.814. The van der Waals surface area contributed by atoms with Crippen molar-refractivity contribution in [2.75, 3.05) is 5.32 Å². The smallest absolute Gasteiger partial charge is 0.106 e. The fourth-order valence-corrected chi connectivity index (χ4v) is 2.69. The molecule has 0 aromatic heterocycles. The molecule has 2 atom stereocenters. The number of benzene rings is 1. The number of anilines is 1. The van der Waals surface area contributed by atoms with E-state index in [2.05, 4.69) is 28.2 Å². The highest BCUT2D eigenvalue weighted by molar-refractivity contribution is 9.10. The normalized spacial score (nSPS) is 22.2. The summed E-state index contributed by atoms with van der Waals surface area (Å²) in [5.74, 6) is 0.822. The van der Waals surface area contributed by atoms with Gasteiger partial charge in [0.1, 0.15) is 4.99 Å². The van der Waals surface area contributed by atoms with Crippen molar-refractivity contribution in [2.24, 2.45) is 11.7 Å². The third-order valence-corrected chi connectivity index (χ3v) is 3.88. The highest BCUT2D eigenvalue weighted by Crippen LogP contribution is 2.38. The van der Waals surface area contributed by atoms with Gasteiger partial charge in [-0.15, -0.1) is 0 Å². The summed E-state index contributed by atoms with van der Waals surface area (Å²) in [7, 11) is 0. The van der Waals surface area contributed by atoms with Crippen molar-refractivity contribution in [1.29, 1.82) is 0 Å². The van der Waals surface area contributed by atoms with E-state index in [4.69, 9.17) is 18.0 Å². The lowest BCUT2D eigenvalue weighted by Crippen LogP contribution is -2.14. The zero-order chi connectivity index (χ0) is 12.4. The molecule has 0 heterocycles. The van der Waals surface area contributed by atoms with E-state index in [1.54, 1.807) is 0 Å². The van der Waals surface area contributed by atoms with Crippen LogP contribution in [0.4, 0.5) is 5.69 Å². The maximum atomic E-state index is 5.74. The van der Waals surface area contributed by atoms with E-state index in [1.165, 1.54) is 19.3 Å². The maximum absolute atomic E-state index is 5.74. The van der Waals surface area contributed by atoms with E-state index in [0.29, 0.717) is 11.0 Å². The third-order valence-electron chi connectivity index (χ3n) is 3.17. The lowest BCUT2D eigenvalue weighted by Gasteiger charge is -2.11. The van der Waals surface area contributed by atoms with Crippen molar-refractivity contribution in [3.05, 3.63) is 28.2 Å². The van der Waals surface area contributed by atoms with Crippen molar-refractivity contribution >= 4 is 38.8 Å². The molecule has 1 aromatic rings. The van der Waals surface area contributed by atoms with E-state index in [9.17, 15) is 0 Å². The van der Waals surface area contributed by atoms with Crippen LogP contribution < -0.4 is 11.1 Å². The van der Waals surface area contributed by atoms with Gasteiger partial charge in [0.15, 0.2) is 0 Å². The fourth-order valence-electron chi connectivity index (χ4n) is 2.16. The number of nitrogens with two attached hydrogens (primary N) is 1. The minimum Gasteiger partial charge on any atom is -0.389 e. The standard InChI is InChI=1S/C13H17BrN2S/c1-2-3-8-6-12(8)16-11-5-4-9(14)7-10(11)13(15)17/h4-5,7-8,12,16H,2-3,6H2,1H3,(H2,15,17). The molecular formula is C13H17BrN2S. The summed E-state index contributed by atoms with van der Waals surface area (Å²) >= 11 is 8.52. The summed E-state index contributed by atoms with van der Waals surface area (Å²) in [6.45, 7) is 2.23. The van der Waals surface area contributed by atoms with E-state index in [-0.39, 0.29) is 0 Å². The summed E-state index contributed by atoms with van der Waals surface area (Å²) in [5, 5.41) is 3.54. The van der Waals surface area contributed by atoms with Crippen LogP contribution in [-0.4, -0.2) is 11.0 Å². The van der Waals surface area contributed by atoms with E-state index >= 15 is 0 Å². The van der Waals surface area contributed by atoms with Gasteiger partial charge in [-0.25, -0.2) is 0 Å². The Hall–Kier alpha value is -0.610. The second-order valence-electron chi connectivity index (χ2n) is 4.59. The summed E-state index contributed by atoms with van der Waals surface area (Å²) in [5.41, 5.74) is 7.73. The molecule has 2 rings (SSSR count). The average Bonchev–Trinajstić information content (AvgIpc) is 2.99. The molecule has 0 radical (unpaired) electrons. The van der Waals surface area contributed by atoms with Crippen LogP contribution in [0.3, 0.4) is 0 Å². The number of thiocarbonyl (C=S) groups is 1. The Morgan fingerprint density at radius 2 is 2.35 bits per heavy atom. The Labute approximate surface area is 116 Å². The molecule has 1 fully saturated rings. The van der Waals surface area contributed by atoms with Gasteiger partial charge in [-0.1, -0.05) is 41.5 Å². The van der Waals surface area contributed by atoms with Gasteiger partial charge in [-0.2, -0.15) is 0 Å². The SMILES string of the molecule is CCCC1CC1Nc1ccc(Br)cc1C(N)=S. The number of rotatable bonds is 5. The maximum Gasteiger partial charge on any atom is 0.106 e. The minimum absolute atomic E-state index is 0.446. The predicted octanol–water partition coefficient (Wildman–Crippen LogP) is 3.68. The van der Waals surface area contributed by atoms with Gasteiger partial charge in [-0.05, 0) is 37.0 Å². The van der Waals surface area contributed by atoms with Gasteiger partial charge in [-0.3, -0.25) is 0 Å². The van der Waals surface area contributed by atoms with E-state index in [1.807, 2.05) is 18.2 Å². The second kappa shape index (κ2) is 5.36. The van der Waals surface area contributed by atoms with Crippen LogP contribution in [0.1, 0.15) is 31.7 Å². The molecule has 2 nitrogen and oxygen atoms in total. The van der Waals surface area contributed by atoms with Crippen LogP contribution >= 0.6 is 28.1 Å². The monoisotopic (exact) mass is 312 g/mol. The first-order valence-corrected chi connectivity index (χ1v) is 7.17. The van der Waals surface area contributed by atoms with Gasteiger partial charge in [0.25, 0.3) is 0 Å². The van der Waals surface area contributed by atoms with Crippen molar-refractivity contribution in [3.63, 3.8) is 0 Å². The first kappa shape index (κ1) is 12.8. The van der Waals surface area contributed by atoms with Gasteiger partial charge in [0.05, 0.1) is 0 Å². The molecule has 0 aliphatic heterocycles. The van der Waals surface area contributed by atoms with Crippen molar-refractivity contribution in [1.82, 2.24) is 0 Å². The molecular weight excluding hydrogens is 296 g/mol. The molecule has 0 bridgehead atoms. The molecule has 0 spiro atoms. The Balaban J connectivity index is 2.08. The predicted molar refractivity (Wildman–Crippen MR) is 80.5 cm³/mol. The Bertz CT molecular complexity index is 433. The summed E-state index contributed by atoms with van der Waals surface area (Å²) in [6.07, 6.45) is 3.82. The Kier molecular flexibility index (Phi) is 4.05. The summed E-state index contributed by atoms with van der Waals surface area (Å²) < 4.78 is 1.01. The highest BCUT2D eigenvalue weighted by atomic mass is 79.9. The zero-order valence-corrected chi connectivity index (χ0v) is 12.3. The topological polar surface area (TPSA) is 38.0 Å². The van der Waals surface area contributed by atoms with Gasteiger partial charge in [0, 0.05) is 21.8 Å². The molecule has 1 saturated carbocycles. The highest BCUT2D eigenvalue weighted by Gasteiger charge is 2.36. The Morgan fingerprint density at radius 3 is 3.00 bits per heavy atom. The van der Waals surface area contributed by atoms with Crippen LogP contribution in [0, 0.1) is 5.92 Å². The van der Waals surface area contributed by atoms with E-state index < -0.39 is 0 Å². The van der Waals surface area contributed by atoms with Crippen LogP contribution in [-0.2, 0) is 0 Å². The van der Waals surface area contributed by atoms with Gasteiger partial charge < -0.3 is 11.1 Å². The second-order valence-corrected chi connectivity index (χ2v) is 5.94. The molecule has 0 amide bonds. The number of hydrogen-bond acceptors (Lipinski definition) is 2. The summed E-state index contributed by atoms with van der Waals surface area (Å²) in [4.78, 5) is 0.446. The molecule has 2 unspecified atom stereocenters. The van der Waals surface area contributed by atoms with Gasteiger partial charge >= 0.3 is 0 Å². The molecule has 4 heteroatoms. The largest absolute Gasteiger partial charge is 0.389 e. The van der Waals surface area contributed by atoms with Crippen LogP contribution in [0.2, 0.25) is 0 Å². The van der Waals surface area contributed by atoms with E-state index in [0.717, 1.165) is 21.6 Å². The molecule has 3 N–H and O–H groups in total. The van der Waals surface area contributed by atoms with Crippen molar-refractivity contribution in [2.45, 2.75) is 32.2 Å². The van der Waals surface area contributed by atoms with Crippen LogP contribution in [0.5, 0.6) is 0 Å². The number of halogens is 1. The fraction of sp³-hybridized carbons (Fsp3) is 0.462. The van der Waals surface area contributed by atoms with Gasteiger partial charge in [0.2, 0.25) is 0 Å². The molecule has 92 valence electrons. The molecule has 0 saturated heterocycles. The molecule has 1 aliphatic rings. The minimum atomic E-state index is 0.446. The number of hydrogen-bond donors (Lipinski definition) is 2. The first-order valence-electron chi connectivity index (χ1n) is 5.97. The molecule has 1 aliphatic carbocycles. The Morgan fingerprint density at radius 1 is 1.59 bits per heavy atom. The zero-order valence-electron chi connectivity index (χ0n) is 9.87. The molecule has 1 aromatic carbocycles. The van der Waals surface area contributed by atoms with Crippen LogP contribution in [0.15, 0.2) is 22.7 Å². The lowest BCUT2D eigenvalue weighted by atomic mass is 10.1. The lowest BCUT2D eigenvalue weighted by molar-refractivity contribution is 0.693. The molecule has 17 heavy (non-hydrogen) atoms. The van der Waals surface area contributed by atoms with Crippen molar-refractivity contribution in [3.8, 4) is 0 Å². The van der Waals surface area contributed by atoms with Crippen molar-refractivity contribution < 1.29 is 0 Å². The van der Waals surface area contributed by atoms with Crippen LogP contribution in [0.25, 0.3) is 0 Å². The summed E-state index contributed by atoms with van der Waals surface area (Å²) in [6, 6.07) is 6.63. The average molecular weight is 313 g/mol.